The van der Waals surface area contributed by atoms with Crippen LogP contribution in [0.25, 0.3) is 0 Å². The lowest BCUT2D eigenvalue weighted by molar-refractivity contribution is 0.185. The summed E-state index contributed by atoms with van der Waals surface area (Å²) in [4.78, 5) is 5.24. The Hall–Kier alpha value is -1.06. The Balaban J connectivity index is 1.75. The molecule has 0 radical (unpaired) electrons. The van der Waals surface area contributed by atoms with E-state index in [-0.39, 0.29) is 0 Å². The first-order valence-corrected chi connectivity index (χ1v) is 7.44. The third-order valence-corrected chi connectivity index (χ3v) is 4.39. The molecule has 2 saturated heterocycles. The van der Waals surface area contributed by atoms with E-state index in [2.05, 4.69) is 34.1 Å². The molecule has 0 N–H and O–H groups in total. The first kappa shape index (κ1) is 12.9. The number of nitrogens with zero attached hydrogens (tertiary/aromatic N) is 2. The Morgan fingerprint density at radius 1 is 1.21 bits per heavy atom. The van der Waals surface area contributed by atoms with Crippen LogP contribution in [-0.4, -0.2) is 44.2 Å². The monoisotopic (exact) mass is 260 g/mol. The average molecular weight is 260 g/mol. The number of benzene rings is 1. The Morgan fingerprint density at radius 3 is 3.00 bits per heavy atom. The summed E-state index contributed by atoms with van der Waals surface area (Å²) in [5.41, 5.74) is 2.64. The van der Waals surface area contributed by atoms with Gasteiger partial charge in [-0.15, -0.1) is 0 Å². The topological polar surface area (TPSA) is 15.7 Å². The minimum Gasteiger partial charge on any atom is -0.380 e. The average Bonchev–Trinajstić information content (AvgIpc) is 2.77. The molecule has 0 spiro atoms. The molecule has 1 unspecified atom stereocenters. The largest absolute Gasteiger partial charge is 0.380 e. The summed E-state index contributed by atoms with van der Waals surface area (Å²) in [5, 5.41) is 0. The van der Waals surface area contributed by atoms with Gasteiger partial charge in [0.05, 0.1) is 6.61 Å². The van der Waals surface area contributed by atoms with E-state index < -0.39 is 0 Å². The van der Waals surface area contributed by atoms with Gasteiger partial charge in [-0.3, -0.25) is 4.90 Å². The van der Waals surface area contributed by atoms with Crippen molar-refractivity contribution in [2.24, 2.45) is 0 Å². The molecule has 2 aliphatic heterocycles. The third-order valence-electron chi connectivity index (χ3n) is 4.39. The predicted octanol–water partition coefficient (Wildman–Crippen LogP) is 2.51. The fraction of sp³-hybridized carbons (Fsp3) is 0.625. The molecule has 3 nitrogen and oxygen atoms in total. The Kier molecular flexibility index (Phi) is 4.04. The van der Waals surface area contributed by atoms with Crippen molar-refractivity contribution in [3.63, 3.8) is 0 Å². The van der Waals surface area contributed by atoms with Crippen LogP contribution in [0.5, 0.6) is 0 Å². The molecule has 1 atom stereocenters. The van der Waals surface area contributed by atoms with E-state index in [0.29, 0.717) is 6.61 Å². The molecular weight excluding hydrogens is 236 g/mol. The molecular formula is C16H24N2O. The van der Waals surface area contributed by atoms with Gasteiger partial charge in [0.2, 0.25) is 0 Å². The summed E-state index contributed by atoms with van der Waals surface area (Å²) in [6.07, 6.45) is 4.03. The number of ether oxygens (including phenoxy) is 1. The molecule has 104 valence electrons. The van der Waals surface area contributed by atoms with E-state index in [4.69, 9.17) is 4.74 Å². The second-order valence-corrected chi connectivity index (χ2v) is 5.73. The van der Waals surface area contributed by atoms with Gasteiger partial charge in [-0.25, -0.2) is 0 Å². The summed E-state index contributed by atoms with van der Waals surface area (Å²) < 4.78 is 5.24. The van der Waals surface area contributed by atoms with Gasteiger partial charge in [-0.05, 0) is 43.5 Å². The van der Waals surface area contributed by atoms with E-state index in [1.807, 2.05) is 0 Å². The molecule has 0 saturated carbocycles. The summed E-state index contributed by atoms with van der Waals surface area (Å²) in [5.74, 6) is 0. The lowest BCUT2D eigenvalue weighted by Gasteiger charge is -2.27. The second kappa shape index (κ2) is 5.93. The van der Waals surface area contributed by atoms with Crippen LogP contribution in [0.15, 0.2) is 24.3 Å². The summed E-state index contributed by atoms with van der Waals surface area (Å²) in [7, 11) is 1.76. The predicted molar refractivity (Wildman–Crippen MR) is 78.6 cm³/mol. The zero-order chi connectivity index (χ0) is 13.1. The van der Waals surface area contributed by atoms with Crippen LogP contribution in [-0.2, 0) is 11.3 Å². The maximum Gasteiger partial charge on any atom is 0.0713 e. The molecule has 0 aliphatic carbocycles. The number of anilines is 1. The second-order valence-electron chi connectivity index (χ2n) is 5.73. The zero-order valence-electron chi connectivity index (χ0n) is 11.8. The van der Waals surface area contributed by atoms with Crippen molar-refractivity contribution in [1.29, 1.82) is 0 Å². The zero-order valence-corrected chi connectivity index (χ0v) is 11.8. The summed E-state index contributed by atoms with van der Waals surface area (Å²) >= 11 is 0. The minimum absolute atomic E-state index is 0.706. The lowest BCUT2D eigenvalue weighted by atomic mass is 10.1. The number of hydrogen-bond acceptors (Lipinski definition) is 3. The van der Waals surface area contributed by atoms with Crippen molar-refractivity contribution >= 4 is 5.69 Å². The van der Waals surface area contributed by atoms with Gasteiger partial charge in [-0.2, -0.15) is 0 Å². The maximum atomic E-state index is 5.24. The van der Waals surface area contributed by atoms with Crippen LogP contribution in [0, 0.1) is 0 Å². The van der Waals surface area contributed by atoms with Crippen LogP contribution < -0.4 is 4.90 Å². The van der Waals surface area contributed by atoms with Gasteiger partial charge in [0.25, 0.3) is 0 Å². The van der Waals surface area contributed by atoms with Gasteiger partial charge in [0.1, 0.15) is 0 Å². The fourth-order valence-corrected chi connectivity index (χ4v) is 3.45. The summed E-state index contributed by atoms with van der Waals surface area (Å²) in [6.45, 7) is 5.66. The molecule has 1 aromatic carbocycles. The number of fused-ring (bicyclic) bond motifs is 1. The molecule has 0 bridgehead atoms. The first-order chi connectivity index (χ1) is 9.36. The summed E-state index contributed by atoms with van der Waals surface area (Å²) in [6, 6.07) is 9.60. The lowest BCUT2D eigenvalue weighted by Crippen LogP contribution is -2.36. The quantitative estimate of drug-likeness (QED) is 0.830. The standard InChI is InChI=1S/C16H24N2O/c1-19-13-14-5-2-6-15(11-14)18-10-4-9-17-8-3-7-16(17)12-18/h2,5-6,11,16H,3-4,7-10,12-13H2,1H3. The van der Waals surface area contributed by atoms with Gasteiger partial charge in [0, 0.05) is 38.5 Å². The van der Waals surface area contributed by atoms with E-state index in [9.17, 15) is 0 Å². The molecule has 2 fully saturated rings. The number of hydrogen-bond donors (Lipinski definition) is 0. The molecule has 2 heterocycles. The Labute approximate surface area is 116 Å². The Bertz CT molecular complexity index is 421. The number of methoxy groups -OCH3 is 1. The molecule has 0 aromatic heterocycles. The van der Waals surface area contributed by atoms with Gasteiger partial charge >= 0.3 is 0 Å². The molecule has 3 rings (SSSR count). The number of rotatable bonds is 3. The smallest absolute Gasteiger partial charge is 0.0713 e. The third kappa shape index (κ3) is 2.93. The van der Waals surface area contributed by atoms with Crippen molar-refractivity contribution in [2.75, 3.05) is 38.2 Å². The van der Waals surface area contributed by atoms with Gasteiger partial charge in [0.15, 0.2) is 0 Å². The minimum atomic E-state index is 0.706. The van der Waals surface area contributed by atoms with E-state index >= 15 is 0 Å². The maximum absolute atomic E-state index is 5.24. The molecule has 1 aromatic rings. The van der Waals surface area contributed by atoms with Crippen molar-refractivity contribution in [1.82, 2.24) is 4.90 Å². The van der Waals surface area contributed by atoms with Crippen LogP contribution in [0.1, 0.15) is 24.8 Å². The molecule has 0 amide bonds. The van der Waals surface area contributed by atoms with Crippen LogP contribution in [0.4, 0.5) is 5.69 Å². The van der Waals surface area contributed by atoms with Crippen molar-refractivity contribution in [3.05, 3.63) is 29.8 Å². The van der Waals surface area contributed by atoms with Crippen LogP contribution in [0.3, 0.4) is 0 Å². The molecule has 19 heavy (non-hydrogen) atoms. The highest BCUT2D eigenvalue weighted by atomic mass is 16.5. The van der Waals surface area contributed by atoms with E-state index in [1.165, 1.54) is 56.7 Å². The van der Waals surface area contributed by atoms with Crippen LogP contribution >= 0.6 is 0 Å². The van der Waals surface area contributed by atoms with E-state index in [0.717, 1.165) is 6.04 Å². The first-order valence-electron chi connectivity index (χ1n) is 7.44. The van der Waals surface area contributed by atoms with Gasteiger partial charge in [-0.1, -0.05) is 12.1 Å². The van der Waals surface area contributed by atoms with Gasteiger partial charge < -0.3 is 9.64 Å². The SMILES string of the molecule is COCc1cccc(N2CCCN3CCCC3C2)c1. The highest BCUT2D eigenvalue weighted by Crippen LogP contribution is 2.25. The van der Waals surface area contributed by atoms with Crippen LogP contribution in [0.2, 0.25) is 0 Å². The van der Waals surface area contributed by atoms with Crippen molar-refractivity contribution in [3.8, 4) is 0 Å². The molecule has 2 aliphatic rings. The van der Waals surface area contributed by atoms with E-state index in [1.54, 1.807) is 7.11 Å². The highest BCUT2D eigenvalue weighted by Gasteiger charge is 2.28. The Morgan fingerprint density at radius 2 is 2.11 bits per heavy atom. The molecule has 3 heteroatoms. The van der Waals surface area contributed by atoms with Crippen molar-refractivity contribution in [2.45, 2.75) is 31.9 Å². The van der Waals surface area contributed by atoms with Crippen molar-refractivity contribution < 1.29 is 4.74 Å². The highest BCUT2D eigenvalue weighted by molar-refractivity contribution is 5.49. The normalized spacial score (nSPS) is 24.3. The fourth-order valence-electron chi connectivity index (χ4n) is 3.45.